The van der Waals surface area contributed by atoms with E-state index >= 15 is 0 Å². The highest BCUT2D eigenvalue weighted by Gasteiger charge is 2.09. The number of hydrogen-bond donors (Lipinski definition) is 1. The second-order valence-corrected chi connectivity index (χ2v) is 8.67. The van der Waals surface area contributed by atoms with Crippen LogP contribution in [0.1, 0.15) is 41.1 Å². The number of para-hydroxylation sites is 1. The summed E-state index contributed by atoms with van der Waals surface area (Å²) in [6.45, 7) is 6.49. The molecule has 1 aromatic carbocycles. The number of benzene rings is 1. The Bertz CT molecular complexity index is 1180. The van der Waals surface area contributed by atoms with Gasteiger partial charge in [-0.05, 0) is 67.9 Å². The zero-order chi connectivity index (χ0) is 26.5. The minimum absolute atomic E-state index is 0.198. The first-order chi connectivity index (χ1) is 18.0. The normalized spacial score (nSPS) is 10.7. The van der Waals surface area contributed by atoms with Gasteiger partial charge in [0.05, 0.1) is 13.7 Å². The maximum absolute atomic E-state index is 11.7. The monoisotopic (exact) mass is 504 g/mol. The van der Waals surface area contributed by atoms with Crippen LogP contribution in [-0.4, -0.2) is 48.3 Å². The summed E-state index contributed by atoms with van der Waals surface area (Å²) in [5.74, 6) is 1.65. The fourth-order valence-corrected chi connectivity index (χ4v) is 3.88. The Hall–Kier alpha value is -3.78. The van der Waals surface area contributed by atoms with Gasteiger partial charge in [0.1, 0.15) is 12.4 Å². The van der Waals surface area contributed by atoms with Crippen molar-refractivity contribution in [3.63, 3.8) is 0 Å². The number of pyridine rings is 1. The number of rotatable bonds is 15. The van der Waals surface area contributed by atoms with Crippen LogP contribution in [0.4, 0.5) is 5.69 Å². The Labute approximate surface area is 219 Å². The number of anilines is 1. The molecule has 2 heterocycles. The van der Waals surface area contributed by atoms with E-state index in [4.69, 9.17) is 19.2 Å². The number of aromatic nitrogens is 3. The molecular weight excluding hydrogens is 468 g/mol. The first kappa shape index (κ1) is 27.8. The van der Waals surface area contributed by atoms with Gasteiger partial charge in [0.25, 0.3) is 0 Å². The third-order valence-electron chi connectivity index (χ3n) is 5.92. The maximum Gasteiger partial charge on any atom is 0.247 e. The van der Waals surface area contributed by atoms with Gasteiger partial charge in [-0.1, -0.05) is 24.8 Å². The van der Waals surface area contributed by atoms with E-state index in [0.717, 1.165) is 66.0 Å². The van der Waals surface area contributed by atoms with E-state index in [9.17, 15) is 4.79 Å². The van der Waals surface area contributed by atoms with Crippen molar-refractivity contribution >= 4 is 11.6 Å². The summed E-state index contributed by atoms with van der Waals surface area (Å²) in [5.41, 5.74) is 5.19. The average molecular weight is 505 g/mol. The lowest BCUT2D eigenvalue weighted by Crippen LogP contribution is -2.09. The molecule has 8 nitrogen and oxygen atoms in total. The van der Waals surface area contributed by atoms with Crippen LogP contribution in [0.5, 0.6) is 11.8 Å². The van der Waals surface area contributed by atoms with E-state index < -0.39 is 0 Å². The molecule has 3 aromatic rings. The highest BCUT2D eigenvalue weighted by molar-refractivity contribution is 5.99. The van der Waals surface area contributed by atoms with E-state index in [1.54, 1.807) is 14.2 Å². The maximum atomic E-state index is 11.7. The molecule has 196 valence electrons. The Morgan fingerprint density at radius 2 is 1.78 bits per heavy atom. The molecule has 0 aliphatic heterocycles. The van der Waals surface area contributed by atoms with E-state index in [0.29, 0.717) is 31.4 Å². The van der Waals surface area contributed by atoms with Crippen molar-refractivity contribution in [2.45, 2.75) is 45.4 Å². The lowest BCUT2D eigenvalue weighted by molar-refractivity contribution is -0.111. The largest absolute Gasteiger partial charge is 0.481 e. The molecule has 0 unspecified atom stereocenters. The van der Waals surface area contributed by atoms with Crippen molar-refractivity contribution in [2.75, 3.05) is 32.8 Å². The van der Waals surface area contributed by atoms with Crippen LogP contribution in [0.3, 0.4) is 0 Å². The summed E-state index contributed by atoms with van der Waals surface area (Å²) in [5, 5.41) is 2.88. The fourth-order valence-electron chi connectivity index (χ4n) is 3.88. The van der Waals surface area contributed by atoms with Crippen molar-refractivity contribution in [2.24, 2.45) is 0 Å². The van der Waals surface area contributed by atoms with Crippen molar-refractivity contribution in [3.8, 4) is 11.8 Å². The minimum atomic E-state index is -0.198. The molecule has 2 aromatic heterocycles. The highest BCUT2D eigenvalue weighted by atomic mass is 16.5. The molecule has 1 N–H and O–H groups in total. The summed E-state index contributed by atoms with van der Waals surface area (Å²) in [4.78, 5) is 25.4. The first-order valence-electron chi connectivity index (χ1n) is 12.5. The number of methoxy groups -OCH3 is 2. The van der Waals surface area contributed by atoms with Gasteiger partial charge in [-0.15, -0.1) is 0 Å². The van der Waals surface area contributed by atoms with Gasteiger partial charge < -0.3 is 19.5 Å². The van der Waals surface area contributed by atoms with Crippen molar-refractivity contribution in [1.29, 1.82) is 0 Å². The average Bonchev–Trinajstić information content (AvgIpc) is 2.92. The summed E-state index contributed by atoms with van der Waals surface area (Å²) >= 11 is 0. The quantitative estimate of drug-likeness (QED) is 0.237. The number of hydrogen-bond acceptors (Lipinski definition) is 7. The number of unbranched alkanes of at least 4 members (excludes halogenated alkanes) is 1. The third-order valence-corrected chi connectivity index (χ3v) is 5.92. The van der Waals surface area contributed by atoms with Crippen LogP contribution in [0, 0.1) is 6.92 Å². The van der Waals surface area contributed by atoms with E-state index in [-0.39, 0.29) is 5.91 Å². The number of ether oxygens (including phenoxy) is 3. The standard InChI is InChI=1S/C29H36N4O4/c1-5-27(34)32-25-13-9-7-11-23(25)10-6-8-12-24-21(2)20-30-26(31-24)15-14-22-18-28(36-4)33-29(19-22)37-17-16-35-3/h5,7,9,11,13,18-20H,1,6,8,10,12,14-17H2,2-4H3,(H,32,34). The van der Waals surface area contributed by atoms with Crippen LogP contribution >= 0.6 is 0 Å². The number of carbonyl (C=O) groups excluding carboxylic acids is 1. The van der Waals surface area contributed by atoms with Crippen LogP contribution < -0.4 is 14.8 Å². The van der Waals surface area contributed by atoms with Crippen LogP contribution in [-0.2, 0) is 35.2 Å². The third kappa shape index (κ3) is 8.99. The molecule has 8 heteroatoms. The van der Waals surface area contributed by atoms with Crippen molar-refractivity contribution in [1.82, 2.24) is 15.0 Å². The van der Waals surface area contributed by atoms with Gasteiger partial charge in [0.2, 0.25) is 17.7 Å². The zero-order valence-electron chi connectivity index (χ0n) is 22.0. The summed E-state index contributed by atoms with van der Waals surface area (Å²) < 4.78 is 16.0. The van der Waals surface area contributed by atoms with E-state index in [2.05, 4.69) is 34.9 Å². The predicted octanol–water partition coefficient (Wildman–Crippen LogP) is 4.69. The molecule has 0 bridgehead atoms. The van der Waals surface area contributed by atoms with Gasteiger partial charge in [0.15, 0.2) is 0 Å². The molecule has 3 rings (SSSR count). The number of nitrogens with one attached hydrogen (secondary N) is 1. The van der Waals surface area contributed by atoms with Crippen molar-refractivity contribution < 1.29 is 19.0 Å². The van der Waals surface area contributed by atoms with E-state index in [1.807, 2.05) is 36.5 Å². The Morgan fingerprint density at radius 1 is 1.00 bits per heavy atom. The van der Waals surface area contributed by atoms with Gasteiger partial charge in [-0.25, -0.2) is 9.97 Å². The van der Waals surface area contributed by atoms with Gasteiger partial charge in [-0.2, -0.15) is 4.98 Å². The number of nitrogens with zero attached hydrogens (tertiary/aromatic N) is 3. The number of amides is 1. The van der Waals surface area contributed by atoms with Crippen LogP contribution in [0.25, 0.3) is 0 Å². The molecule has 0 atom stereocenters. The minimum Gasteiger partial charge on any atom is -0.481 e. The summed E-state index contributed by atoms with van der Waals surface area (Å²) in [7, 11) is 3.23. The molecule has 0 saturated carbocycles. The molecule has 0 spiro atoms. The SMILES string of the molecule is C=CC(=O)Nc1ccccc1CCCCc1nc(CCc2cc(OC)nc(OCCOC)c2)ncc1C. The molecular formula is C29H36N4O4. The molecule has 37 heavy (non-hydrogen) atoms. The summed E-state index contributed by atoms with van der Waals surface area (Å²) in [6, 6.07) is 11.7. The Balaban J connectivity index is 1.56. The summed E-state index contributed by atoms with van der Waals surface area (Å²) in [6.07, 6.45) is 8.38. The highest BCUT2D eigenvalue weighted by Crippen LogP contribution is 2.21. The Morgan fingerprint density at radius 3 is 2.57 bits per heavy atom. The predicted molar refractivity (Wildman–Crippen MR) is 144 cm³/mol. The van der Waals surface area contributed by atoms with Crippen molar-refractivity contribution in [3.05, 3.63) is 83.5 Å². The van der Waals surface area contributed by atoms with Gasteiger partial charge in [0, 0.05) is 43.2 Å². The Kier molecular flexibility index (Phi) is 11.0. The number of aryl methyl sites for hydroxylation is 5. The van der Waals surface area contributed by atoms with Crippen LogP contribution in [0.2, 0.25) is 0 Å². The molecule has 0 fully saturated rings. The topological polar surface area (TPSA) is 95.5 Å². The molecule has 0 saturated heterocycles. The smallest absolute Gasteiger partial charge is 0.247 e. The lowest BCUT2D eigenvalue weighted by atomic mass is 10.0. The zero-order valence-corrected chi connectivity index (χ0v) is 22.0. The number of carbonyl (C=O) groups is 1. The lowest BCUT2D eigenvalue weighted by Gasteiger charge is -2.11. The van der Waals surface area contributed by atoms with E-state index in [1.165, 1.54) is 6.08 Å². The van der Waals surface area contributed by atoms with Gasteiger partial charge in [-0.3, -0.25) is 4.79 Å². The molecule has 0 aliphatic carbocycles. The molecule has 0 radical (unpaired) electrons. The van der Waals surface area contributed by atoms with Gasteiger partial charge >= 0.3 is 0 Å². The fraction of sp³-hybridized carbons (Fsp3) is 0.379. The second-order valence-electron chi connectivity index (χ2n) is 8.67. The second kappa shape index (κ2) is 14.7. The molecule has 1 amide bonds. The van der Waals surface area contributed by atoms with Crippen LogP contribution in [0.15, 0.2) is 55.3 Å². The first-order valence-corrected chi connectivity index (χ1v) is 12.5. The molecule has 0 aliphatic rings.